The Balaban J connectivity index is 2.83. The first kappa shape index (κ1) is 16.0. The van der Waals surface area contributed by atoms with Crippen LogP contribution in [0.1, 0.15) is 11.1 Å². The summed E-state index contributed by atoms with van der Waals surface area (Å²) in [6.07, 6.45) is -5.46. The van der Waals surface area contributed by atoms with Crippen LogP contribution < -0.4 is 16.8 Å². The summed E-state index contributed by atoms with van der Waals surface area (Å²) in [5.74, 6) is 0. The maximum absolute atomic E-state index is 12.7. The molecule has 0 spiro atoms. The summed E-state index contributed by atoms with van der Waals surface area (Å²) in [5.41, 5.74) is 9.25. The number of alkyl halides is 3. The highest BCUT2D eigenvalue weighted by atomic mass is 32.1. The topological polar surface area (TPSA) is 90.4 Å². The van der Waals surface area contributed by atoms with Gasteiger partial charge in [0.1, 0.15) is 11.6 Å². The van der Waals surface area contributed by atoms with Crippen LogP contribution in [0.25, 0.3) is 0 Å². The number of benzene rings is 1. The summed E-state index contributed by atoms with van der Waals surface area (Å²) in [6, 6.07) is 3.30. The first-order valence-corrected chi connectivity index (χ1v) is 5.80. The minimum atomic E-state index is -4.54. The Morgan fingerprint density at radius 3 is 2.50 bits per heavy atom. The van der Waals surface area contributed by atoms with E-state index in [-0.39, 0.29) is 23.7 Å². The monoisotopic (exact) mass is 307 g/mol. The van der Waals surface area contributed by atoms with E-state index in [1.165, 1.54) is 12.1 Å². The quantitative estimate of drug-likeness (QED) is 0.570. The molecule has 1 aromatic carbocycles. The molecule has 5 nitrogen and oxygen atoms in total. The van der Waals surface area contributed by atoms with Crippen molar-refractivity contribution in [2.24, 2.45) is 11.5 Å². The molecule has 0 fully saturated rings. The Kier molecular flexibility index (Phi) is 5.14. The van der Waals surface area contributed by atoms with Crippen molar-refractivity contribution in [3.8, 4) is 0 Å². The second-order valence-electron chi connectivity index (χ2n) is 3.72. The molecule has 110 valence electrons. The van der Waals surface area contributed by atoms with Crippen molar-refractivity contribution in [1.82, 2.24) is 0 Å². The van der Waals surface area contributed by atoms with Crippen molar-refractivity contribution in [2.45, 2.75) is 6.18 Å². The van der Waals surface area contributed by atoms with E-state index in [2.05, 4.69) is 22.3 Å². The van der Waals surface area contributed by atoms with E-state index >= 15 is 0 Å². The number of halogens is 3. The Hall–Kier alpha value is -2.03. The van der Waals surface area contributed by atoms with Gasteiger partial charge in [-0.15, -0.1) is 0 Å². The standard InChI is InChI=1S/C11H12F3N3O2S/c12-11(13,14)8-2-1-6(5-7(8)9(15)20)17-3-4-19-10(16)18/h1-2,5,17H,3-4H2,(H2,15,20)(H2,16,18). The van der Waals surface area contributed by atoms with Gasteiger partial charge in [-0.05, 0) is 18.2 Å². The fraction of sp³-hybridized carbons (Fsp3) is 0.273. The number of nitrogens with two attached hydrogens (primary N) is 2. The molecule has 0 aromatic heterocycles. The molecule has 0 unspecified atom stereocenters. The molecule has 0 saturated carbocycles. The van der Waals surface area contributed by atoms with Crippen molar-refractivity contribution in [2.75, 3.05) is 18.5 Å². The minimum Gasteiger partial charge on any atom is -0.448 e. The van der Waals surface area contributed by atoms with Crippen molar-refractivity contribution in [3.63, 3.8) is 0 Å². The molecular weight excluding hydrogens is 295 g/mol. The van der Waals surface area contributed by atoms with Crippen molar-refractivity contribution >= 4 is 29.0 Å². The average Bonchev–Trinajstić information content (AvgIpc) is 2.33. The number of carbonyl (C=O) groups excluding carboxylic acids is 1. The van der Waals surface area contributed by atoms with E-state index < -0.39 is 17.8 Å². The second-order valence-corrected chi connectivity index (χ2v) is 4.16. The van der Waals surface area contributed by atoms with Gasteiger partial charge in [0.2, 0.25) is 0 Å². The third kappa shape index (κ3) is 4.57. The molecule has 9 heteroatoms. The molecule has 0 aliphatic carbocycles. The highest BCUT2D eigenvalue weighted by Crippen LogP contribution is 2.33. The third-order valence-electron chi connectivity index (χ3n) is 2.27. The van der Waals surface area contributed by atoms with Gasteiger partial charge in [0, 0.05) is 17.8 Å². The van der Waals surface area contributed by atoms with E-state index in [1.807, 2.05) is 0 Å². The molecule has 20 heavy (non-hydrogen) atoms. The van der Waals surface area contributed by atoms with Crippen LogP contribution in [0.2, 0.25) is 0 Å². The van der Waals surface area contributed by atoms with Gasteiger partial charge in [-0.25, -0.2) is 4.79 Å². The zero-order valence-electron chi connectivity index (χ0n) is 10.2. The molecule has 0 atom stereocenters. The Morgan fingerprint density at radius 2 is 2.00 bits per heavy atom. The molecule has 0 saturated heterocycles. The van der Waals surface area contributed by atoms with E-state index in [0.29, 0.717) is 5.69 Å². The lowest BCUT2D eigenvalue weighted by Crippen LogP contribution is -2.20. The SMILES string of the molecule is NC(=O)OCCNc1ccc(C(F)(F)F)c(C(N)=S)c1. The number of anilines is 1. The third-order valence-corrected chi connectivity index (χ3v) is 2.49. The Labute approximate surface area is 118 Å². The summed E-state index contributed by atoms with van der Waals surface area (Å²) >= 11 is 4.61. The van der Waals surface area contributed by atoms with Gasteiger partial charge in [0.25, 0.3) is 0 Å². The maximum atomic E-state index is 12.7. The van der Waals surface area contributed by atoms with Crippen LogP contribution in [0.5, 0.6) is 0 Å². The van der Waals surface area contributed by atoms with Gasteiger partial charge in [0.15, 0.2) is 0 Å². The first-order valence-electron chi connectivity index (χ1n) is 5.39. The molecule has 1 amide bonds. The largest absolute Gasteiger partial charge is 0.448 e. The summed E-state index contributed by atoms with van der Waals surface area (Å²) in [6.45, 7) is 0.170. The summed E-state index contributed by atoms with van der Waals surface area (Å²) < 4.78 is 42.7. The molecule has 1 rings (SSSR count). The van der Waals surface area contributed by atoms with Crippen molar-refractivity contribution in [3.05, 3.63) is 29.3 Å². The number of hydrogen-bond acceptors (Lipinski definition) is 4. The lowest BCUT2D eigenvalue weighted by Gasteiger charge is -2.14. The van der Waals surface area contributed by atoms with Crippen LogP contribution in [0.3, 0.4) is 0 Å². The summed E-state index contributed by atoms with van der Waals surface area (Å²) in [7, 11) is 0. The van der Waals surface area contributed by atoms with Gasteiger partial charge < -0.3 is 21.5 Å². The molecule has 0 heterocycles. The highest BCUT2D eigenvalue weighted by molar-refractivity contribution is 7.80. The predicted octanol–water partition coefficient (Wildman–Crippen LogP) is 1.85. The van der Waals surface area contributed by atoms with E-state index in [9.17, 15) is 18.0 Å². The van der Waals surface area contributed by atoms with Gasteiger partial charge in [-0.3, -0.25) is 0 Å². The number of primary amides is 1. The number of thiocarbonyl (C=S) groups is 1. The Bertz CT molecular complexity index is 520. The lowest BCUT2D eigenvalue weighted by molar-refractivity contribution is -0.137. The van der Waals surface area contributed by atoms with Gasteiger partial charge >= 0.3 is 12.3 Å². The summed E-state index contributed by atoms with van der Waals surface area (Å²) in [4.78, 5) is 9.97. The maximum Gasteiger partial charge on any atom is 0.417 e. The molecule has 1 aromatic rings. The fourth-order valence-corrected chi connectivity index (χ4v) is 1.62. The van der Waals surface area contributed by atoms with Crippen molar-refractivity contribution in [1.29, 1.82) is 0 Å². The van der Waals surface area contributed by atoms with Crippen LogP contribution in [0.4, 0.5) is 23.7 Å². The smallest absolute Gasteiger partial charge is 0.417 e. The van der Waals surface area contributed by atoms with Crippen LogP contribution in [0.15, 0.2) is 18.2 Å². The number of hydrogen-bond donors (Lipinski definition) is 3. The van der Waals surface area contributed by atoms with Gasteiger partial charge in [-0.2, -0.15) is 13.2 Å². The normalized spacial score (nSPS) is 10.9. The average molecular weight is 307 g/mol. The number of carbonyl (C=O) groups is 1. The van der Waals surface area contributed by atoms with Crippen LogP contribution >= 0.6 is 12.2 Å². The van der Waals surface area contributed by atoms with Crippen LogP contribution in [-0.2, 0) is 10.9 Å². The second kappa shape index (κ2) is 6.42. The molecule has 5 N–H and O–H groups in total. The van der Waals surface area contributed by atoms with E-state index in [0.717, 1.165) is 6.07 Å². The molecule has 0 bridgehead atoms. The number of nitrogens with one attached hydrogen (secondary N) is 1. The number of amides is 1. The number of rotatable bonds is 5. The van der Waals surface area contributed by atoms with Crippen LogP contribution in [-0.4, -0.2) is 24.2 Å². The van der Waals surface area contributed by atoms with Crippen molar-refractivity contribution < 1.29 is 22.7 Å². The van der Waals surface area contributed by atoms with Crippen LogP contribution in [0, 0.1) is 0 Å². The number of ether oxygens (including phenoxy) is 1. The molecular formula is C11H12F3N3O2S. The highest BCUT2D eigenvalue weighted by Gasteiger charge is 2.33. The minimum absolute atomic E-state index is 0.0151. The lowest BCUT2D eigenvalue weighted by atomic mass is 10.1. The van der Waals surface area contributed by atoms with E-state index in [1.54, 1.807) is 0 Å². The zero-order chi connectivity index (χ0) is 15.3. The fourth-order valence-electron chi connectivity index (χ4n) is 1.45. The van der Waals surface area contributed by atoms with Gasteiger partial charge in [0.05, 0.1) is 5.56 Å². The van der Waals surface area contributed by atoms with Gasteiger partial charge in [-0.1, -0.05) is 12.2 Å². The van der Waals surface area contributed by atoms with E-state index in [4.69, 9.17) is 11.5 Å². The first-order chi connectivity index (χ1) is 9.21. The predicted molar refractivity (Wildman–Crippen MR) is 71.4 cm³/mol. The zero-order valence-corrected chi connectivity index (χ0v) is 11.0. The molecule has 0 aliphatic rings. The summed E-state index contributed by atoms with van der Waals surface area (Å²) in [5, 5.41) is 2.76. The molecule has 0 aliphatic heterocycles. The molecule has 0 radical (unpaired) electrons. The Morgan fingerprint density at radius 1 is 1.35 bits per heavy atom.